The first-order valence-electron chi connectivity index (χ1n) is 13.5. The summed E-state index contributed by atoms with van der Waals surface area (Å²) in [4.78, 5) is 23.2. The van der Waals surface area contributed by atoms with Gasteiger partial charge in [0, 0.05) is 58.6 Å². The van der Waals surface area contributed by atoms with Crippen molar-refractivity contribution in [1.29, 1.82) is 0 Å². The number of nitrogens with one attached hydrogen (secondary N) is 2. The van der Waals surface area contributed by atoms with Gasteiger partial charge in [0.1, 0.15) is 17.3 Å². The van der Waals surface area contributed by atoms with E-state index in [9.17, 15) is 23.4 Å². The highest BCUT2D eigenvalue weighted by atomic mass is 79.9. The van der Waals surface area contributed by atoms with E-state index in [4.69, 9.17) is 14.2 Å². The van der Waals surface area contributed by atoms with Crippen molar-refractivity contribution in [3.05, 3.63) is 46.6 Å². The number of hydrogen-bond donors (Lipinski definition) is 4. The van der Waals surface area contributed by atoms with Crippen LogP contribution in [0.2, 0.25) is 0 Å². The molecule has 16 heteroatoms. The summed E-state index contributed by atoms with van der Waals surface area (Å²) in [5.74, 6) is -0.254. The fourth-order valence-corrected chi connectivity index (χ4v) is 5.79. The van der Waals surface area contributed by atoms with Gasteiger partial charge in [-0.1, -0.05) is 0 Å². The monoisotopic (exact) mass is 694 g/mol. The number of rotatable bonds is 12. The third-order valence-electron chi connectivity index (χ3n) is 7.34. The quantitative estimate of drug-likeness (QED) is 0.155. The molecule has 1 aliphatic rings. The highest BCUT2D eigenvalue weighted by Crippen LogP contribution is 2.38. The molecule has 0 atom stereocenters. The number of methoxy groups -OCH3 is 3. The lowest BCUT2D eigenvalue weighted by atomic mass is 9.95. The molecule has 1 aromatic heterocycles. The lowest BCUT2D eigenvalue weighted by Crippen LogP contribution is -2.39. The number of aromatic nitrogens is 2. The Kier molecular flexibility index (Phi) is 10.4. The molecule has 0 bridgehead atoms. The highest BCUT2D eigenvalue weighted by molar-refractivity contribution is 9.10. The second-order valence-electron chi connectivity index (χ2n) is 10.1. The number of aromatic carboxylic acids is 1. The summed E-state index contributed by atoms with van der Waals surface area (Å²) in [6.45, 7) is 1.23. The zero-order chi connectivity index (χ0) is 32.2. The standard InChI is InChI=1S/C28H35BrN6O8S/c1-34(44(5,39)40)23-12-17(36)6-7-20(23)31-25-19(29)15-30-28(33-25)32-21-13-18(26(37)38)22(14-24(21)41-2)35-10-8-16(9-11-35)27(42-3)43-4/h6-7,12-16,27,36H,8-11H2,1-5H3,(H,37,38)(H2,30,31,32,33). The third kappa shape index (κ3) is 7.43. The molecule has 0 spiro atoms. The smallest absolute Gasteiger partial charge is 0.337 e. The minimum absolute atomic E-state index is 0.0785. The second kappa shape index (κ2) is 13.8. The van der Waals surface area contributed by atoms with Gasteiger partial charge in [-0.05, 0) is 47.0 Å². The fraction of sp³-hybridized carbons (Fsp3) is 0.393. The third-order valence-corrected chi connectivity index (χ3v) is 9.11. The Labute approximate surface area is 264 Å². The molecule has 1 saturated heterocycles. The molecule has 3 aromatic rings. The van der Waals surface area contributed by atoms with Crippen molar-refractivity contribution in [3.63, 3.8) is 0 Å². The van der Waals surface area contributed by atoms with Gasteiger partial charge >= 0.3 is 5.97 Å². The Balaban J connectivity index is 1.63. The van der Waals surface area contributed by atoms with Crippen molar-refractivity contribution in [2.45, 2.75) is 19.1 Å². The molecule has 0 saturated carbocycles. The van der Waals surface area contributed by atoms with E-state index in [1.165, 1.54) is 44.6 Å². The van der Waals surface area contributed by atoms with Crippen molar-refractivity contribution in [3.8, 4) is 11.5 Å². The van der Waals surface area contributed by atoms with Crippen molar-refractivity contribution < 1.29 is 37.6 Å². The molecule has 2 heterocycles. The maximum atomic E-state index is 12.4. The summed E-state index contributed by atoms with van der Waals surface area (Å²) in [5, 5.41) is 26.2. The van der Waals surface area contributed by atoms with Crippen LogP contribution in [0.5, 0.6) is 11.5 Å². The minimum atomic E-state index is -3.64. The maximum Gasteiger partial charge on any atom is 0.337 e. The average molecular weight is 696 g/mol. The summed E-state index contributed by atoms with van der Waals surface area (Å²) in [6, 6.07) is 7.40. The van der Waals surface area contributed by atoms with Crippen LogP contribution in [0.1, 0.15) is 23.2 Å². The van der Waals surface area contributed by atoms with E-state index in [1.54, 1.807) is 20.3 Å². The van der Waals surface area contributed by atoms with E-state index in [1.807, 2.05) is 4.90 Å². The minimum Gasteiger partial charge on any atom is -0.508 e. The Bertz CT molecular complexity index is 1610. The van der Waals surface area contributed by atoms with E-state index in [2.05, 4.69) is 36.5 Å². The number of carboxylic acid groups (broad SMARTS) is 1. The normalized spacial score (nSPS) is 14.0. The number of sulfonamides is 1. The van der Waals surface area contributed by atoms with E-state index in [0.29, 0.717) is 40.4 Å². The Morgan fingerprint density at radius 1 is 1.11 bits per heavy atom. The van der Waals surface area contributed by atoms with Crippen molar-refractivity contribution in [2.24, 2.45) is 5.92 Å². The van der Waals surface area contributed by atoms with Gasteiger partial charge in [0.05, 0.1) is 46.2 Å². The van der Waals surface area contributed by atoms with Crippen LogP contribution in [0.25, 0.3) is 0 Å². The number of anilines is 6. The van der Waals surface area contributed by atoms with Crippen LogP contribution < -0.4 is 24.6 Å². The maximum absolute atomic E-state index is 12.4. The van der Waals surface area contributed by atoms with Crippen LogP contribution in [-0.4, -0.2) is 88.6 Å². The number of aromatic hydroxyl groups is 1. The molecule has 1 aliphatic heterocycles. The Hall–Kier alpha value is -3.86. The van der Waals surface area contributed by atoms with Gasteiger partial charge in [-0.3, -0.25) is 4.31 Å². The van der Waals surface area contributed by atoms with Crippen LogP contribution in [0.4, 0.5) is 34.5 Å². The van der Waals surface area contributed by atoms with Gasteiger partial charge in [-0.15, -0.1) is 0 Å². The van der Waals surface area contributed by atoms with Gasteiger partial charge in [-0.25, -0.2) is 18.2 Å². The summed E-state index contributed by atoms with van der Waals surface area (Å²) in [7, 11) is 2.43. The predicted octanol–water partition coefficient (Wildman–Crippen LogP) is 4.37. The summed E-state index contributed by atoms with van der Waals surface area (Å²) >= 11 is 3.40. The van der Waals surface area contributed by atoms with Gasteiger partial charge in [-0.2, -0.15) is 4.98 Å². The Morgan fingerprint density at radius 2 is 1.80 bits per heavy atom. The van der Waals surface area contributed by atoms with Crippen molar-refractivity contribution >= 4 is 66.4 Å². The first-order chi connectivity index (χ1) is 20.9. The molecule has 14 nitrogen and oxygen atoms in total. The highest BCUT2D eigenvalue weighted by Gasteiger charge is 2.29. The molecule has 2 aromatic carbocycles. The van der Waals surface area contributed by atoms with Crippen LogP contribution >= 0.6 is 15.9 Å². The summed E-state index contributed by atoms with van der Waals surface area (Å²) in [6.07, 6.45) is 3.74. The molecule has 238 valence electrons. The first kappa shape index (κ1) is 33.0. The number of benzene rings is 2. The number of phenolic OH excluding ortho intramolecular Hbond substituents is 1. The largest absolute Gasteiger partial charge is 0.508 e. The first-order valence-corrected chi connectivity index (χ1v) is 16.1. The topological polar surface area (TPSA) is 176 Å². The zero-order valence-electron chi connectivity index (χ0n) is 24.9. The number of carbonyl (C=O) groups is 1. The van der Waals surface area contributed by atoms with Gasteiger partial charge in [0.15, 0.2) is 6.29 Å². The summed E-state index contributed by atoms with van der Waals surface area (Å²) in [5.41, 5.74) is 1.48. The number of nitrogens with zero attached hydrogens (tertiary/aromatic N) is 4. The second-order valence-corrected chi connectivity index (χ2v) is 13.0. The Morgan fingerprint density at radius 3 is 2.39 bits per heavy atom. The van der Waals surface area contributed by atoms with E-state index >= 15 is 0 Å². The molecule has 0 amide bonds. The predicted molar refractivity (Wildman–Crippen MR) is 170 cm³/mol. The zero-order valence-corrected chi connectivity index (χ0v) is 27.3. The van der Waals surface area contributed by atoms with Crippen LogP contribution in [0, 0.1) is 5.92 Å². The fourth-order valence-electron chi connectivity index (χ4n) is 4.99. The lowest BCUT2D eigenvalue weighted by molar-refractivity contribution is -0.141. The molecular formula is C28H35BrN6O8S. The molecular weight excluding hydrogens is 660 g/mol. The lowest BCUT2D eigenvalue weighted by Gasteiger charge is -2.36. The number of halogens is 1. The number of piperidine rings is 1. The van der Waals surface area contributed by atoms with Crippen LogP contribution in [0.3, 0.4) is 0 Å². The average Bonchev–Trinajstić information content (AvgIpc) is 2.99. The van der Waals surface area contributed by atoms with E-state index in [-0.39, 0.29) is 41.0 Å². The number of carboxylic acids is 1. The molecule has 0 aliphatic carbocycles. The van der Waals surface area contributed by atoms with Crippen molar-refractivity contribution in [1.82, 2.24) is 9.97 Å². The molecule has 4 N–H and O–H groups in total. The van der Waals surface area contributed by atoms with Gasteiger partial charge in [0.2, 0.25) is 16.0 Å². The summed E-state index contributed by atoms with van der Waals surface area (Å²) < 4.78 is 42.4. The molecule has 1 fully saturated rings. The molecule has 44 heavy (non-hydrogen) atoms. The number of hydrogen-bond acceptors (Lipinski definition) is 12. The van der Waals surface area contributed by atoms with E-state index < -0.39 is 16.0 Å². The van der Waals surface area contributed by atoms with E-state index in [0.717, 1.165) is 23.4 Å². The van der Waals surface area contributed by atoms with Gasteiger partial charge < -0.3 is 40.0 Å². The van der Waals surface area contributed by atoms with Gasteiger partial charge in [0.25, 0.3) is 0 Å². The van der Waals surface area contributed by atoms with Crippen LogP contribution in [-0.2, 0) is 19.5 Å². The molecule has 0 radical (unpaired) electrons. The molecule has 4 rings (SSSR count). The van der Waals surface area contributed by atoms with Crippen LogP contribution in [0.15, 0.2) is 41.0 Å². The van der Waals surface area contributed by atoms with Crippen molar-refractivity contribution in [2.75, 3.05) is 67.6 Å². The number of ether oxygens (including phenoxy) is 3. The number of phenols is 1. The SMILES string of the molecule is COc1cc(N2CCC(C(OC)OC)CC2)c(C(=O)O)cc1Nc1ncc(Br)c(Nc2ccc(O)cc2N(C)S(C)(=O)=O)n1. The molecule has 0 unspecified atom stereocenters.